The number of nitrogens with one attached hydrogen (secondary N) is 1. The lowest BCUT2D eigenvalue weighted by molar-refractivity contribution is 0.0295. The highest BCUT2D eigenvalue weighted by atomic mass is 16.5. The van der Waals surface area contributed by atoms with Gasteiger partial charge in [0.2, 0.25) is 5.82 Å². The Kier molecular flexibility index (Phi) is 5.19. The molecule has 0 aromatic heterocycles. The van der Waals surface area contributed by atoms with Crippen molar-refractivity contribution >= 4 is 11.7 Å². The fourth-order valence-corrected chi connectivity index (χ4v) is 4.36. The van der Waals surface area contributed by atoms with Gasteiger partial charge in [-0.2, -0.15) is 0 Å². The first-order valence-corrected chi connectivity index (χ1v) is 10.8. The molecule has 31 heavy (non-hydrogen) atoms. The van der Waals surface area contributed by atoms with Crippen LogP contribution in [0.15, 0.2) is 35.1 Å². The van der Waals surface area contributed by atoms with E-state index in [1.54, 1.807) is 14.0 Å². The minimum atomic E-state index is -0.215. The zero-order valence-corrected chi connectivity index (χ0v) is 17.6. The number of anilines is 1. The Hall–Kier alpha value is -3.20. The van der Waals surface area contributed by atoms with E-state index in [-0.39, 0.29) is 23.5 Å². The number of aromatic nitrogens is 4. The first-order valence-electron chi connectivity index (χ1n) is 10.8. The zero-order chi connectivity index (χ0) is 21.4. The van der Waals surface area contributed by atoms with Crippen LogP contribution in [0, 0.1) is 0 Å². The average molecular weight is 422 g/mol. The standard InChI is InChI=1S/C22H26N6O3/c1-2-8-27-20-17(24-18(25-20)21(29)26-9-11-31-12-10-26)19-23-16(14-28(19)22(27)30)13-15-6-4-3-5-7-15/h3-7,16,23H,2,8-14H2,1H3/t16-/m1/s1. The normalized spacial score (nSPS) is 18.2. The maximum atomic E-state index is 13.2. The molecule has 0 radical (unpaired) electrons. The highest BCUT2D eigenvalue weighted by Gasteiger charge is 2.33. The lowest BCUT2D eigenvalue weighted by Crippen LogP contribution is -2.41. The second-order valence-corrected chi connectivity index (χ2v) is 8.05. The summed E-state index contributed by atoms with van der Waals surface area (Å²) in [6.45, 7) is 5.18. The molecule has 4 aliphatic rings. The van der Waals surface area contributed by atoms with E-state index in [1.807, 2.05) is 25.1 Å². The molecule has 9 nitrogen and oxygen atoms in total. The van der Waals surface area contributed by atoms with E-state index in [2.05, 4.69) is 27.4 Å². The second-order valence-electron chi connectivity index (χ2n) is 8.05. The van der Waals surface area contributed by atoms with Gasteiger partial charge in [-0.3, -0.25) is 13.9 Å². The number of hydrogen-bond acceptors (Lipinski definition) is 6. The molecule has 0 spiro atoms. The molecule has 162 valence electrons. The van der Waals surface area contributed by atoms with Crippen LogP contribution in [-0.2, 0) is 24.2 Å². The molecule has 1 aromatic rings. The number of morpholine rings is 1. The fourth-order valence-electron chi connectivity index (χ4n) is 4.36. The van der Waals surface area contributed by atoms with E-state index in [1.165, 1.54) is 5.56 Å². The van der Waals surface area contributed by atoms with Crippen molar-refractivity contribution in [2.45, 2.75) is 38.9 Å². The molecular formula is C22H26N6O3. The summed E-state index contributed by atoms with van der Waals surface area (Å²) in [5, 5.41) is 3.47. The third-order valence-corrected chi connectivity index (χ3v) is 5.86. The summed E-state index contributed by atoms with van der Waals surface area (Å²) in [6.07, 6.45) is 1.58. The Bertz CT molecular complexity index is 1120. The molecule has 9 heteroatoms. The molecule has 1 amide bonds. The van der Waals surface area contributed by atoms with Crippen LogP contribution in [0.2, 0.25) is 0 Å². The number of benzene rings is 1. The molecule has 1 atom stereocenters. The lowest BCUT2D eigenvalue weighted by Gasteiger charge is -2.25. The van der Waals surface area contributed by atoms with Gasteiger partial charge in [0.1, 0.15) is 11.5 Å². The van der Waals surface area contributed by atoms with Crippen LogP contribution in [-0.4, -0.2) is 62.3 Å². The Balaban J connectivity index is 1.52. The van der Waals surface area contributed by atoms with Gasteiger partial charge < -0.3 is 15.0 Å². The van der Waals surface area contributed by atoms with Crippen LogP contribution in [0.4, 0.5) is 5.82 Å². The molecule has 0 saturated carbocycles. The molecular weight excluding hydrogens is 396 g/mol. The summed E-state index contributed by atoms with van der Waals surface area (Å²) >= 11 is 0. The third-order valence-electron chi connectivity index (χ3n) is 5.86. The van der Waals surface area contributed by atoms with Crippen LogP contribution in [0.1, 0.15) is 29.5 Å². The highest BCUT2D eigenvalue weighted by Crippen LogP contribution is 2.31. The number of amides is 1. The molecule has 0 aliphatic carbocycles. The third kappa shape index (κ3) is 3.59. The minimum Gasteiger partial charge on any atom is -0.378 e. The van der Waals surface area contributed by atoms with Gasteiger partial charge in [0.25, 0.3) is 5.91 Å². The molecule has 1 aromatic carbocycles. The summed E-state index contributed by atoms with van der Waals surface area (Å²) in [6, 6.07) is 10.3. The molecule has 4 aliphatic heterocycles. The first-order chi connectivity index (χ1) is 15.2. The van der Waals surface area contributed by atoms with E-state index in [9.17, 15) is 9.59 Å². The Labute approximate surface area is 180 Å². The van der Waals surface area contributed by atoms with Crippen molar-refractivity contribution in [3.8, 4) is 11.5 Å². The molecule has 1 N–H and O–H groups in total. The minimum absolute atomic E-state index is 0.0749. The van der Waals surface area contributed by atoms with Crippen LogP contribution in [0.25, 0.3) is 11.5 Å². The van der Waals surface area contributed by atoms with Crippen molar-refractivity contribution in [2.75, 3.05) is 31.6 Å². The van der Waals surface area contributed by atoms with Gasteiger partial charge in [0.05, 0.1) is 13.2 Å². The van der Waals surface area contributed by atoms with E-state index >= 15 is 0 Å². The zero-order valence-electron chi connectivity index (χ0n) is 17.6. The van der Waals surface area contributed by atoms with E-state index < -0.39 is 0 Å². The van der Waals surface area contributed by atoms with E-state index in [0.29, 0.717) is 56.7 Å². The molecule has 0 unspecified atom stereocenters. The summed E-state index contributed by atoms with van der Waals surface area (Å²) in [7, 11) is 0. The smallest absolute Gasteiger partial charge is 0.331 e. The predicted molar refractivity (Wildman–Crippen MR) is 115 cm³/mol. The number of carbonyl (C=O) groups is 1. The largest absolute Gasteiger partial charge is 0.378 e. The van der Waals surface area contributed by atoms with Gasteiger partial charge in [-0.25, -0.2) is 14.8 Å². The van der Waals surface area contributed by atoms with Crippen molar-refractivity contribution < 1.29 is 9.53 Å². The average Bonchev–Trinajstić information content (AvgIpc) is 3.42. The van der Waals surface area contributed by atoms with Gasteiger partial charge >= 0.3 is 5.69 Å². The molecule has 0 bridgehead atoms. The summed E-state index contributed by atoms with van der Waals surface area (Å²) in [5.74, 6) is 1.06. The number of nitrogens with zero attached hydrogens (tertiary/aromatic N) is 5. The Morgan fingerprint density at radius 2 is 1.97 bits per heavy atom. The maximum absolute atomic E-state index is 13.2. The van der Waals surface area contributed by atoms with Gasteiger partial charge in [-0.05, 0) is 18.4 Å². The van der Waals surface area contributed by atoms with Crippen molar-refractivity contribution in [3.63, 3.8) is 0 Å². The number of hydrogen-bond donors (Lipinski definition) is 1. The number of imidazole rings is 1. The predicted octanol–water partition coefficient (Wildman–Crippen LogP) is 1.46. The van der Waals surface area contributed by atoms with Crippen molar-refractivity contribution in [1.29, 1.82) is 0 Å². The first kappa shape index (κ1) is 19.7. The van der Waals surface area contributed by atoms with Gasteiger partial charge in [-0.1, -0.05) is 37.3 Å². The molecule has 4 heterocycles. The van der Waals surface area contributed by atoms with Crippen LogP contribution in [0.5, 0.6) is 0 Å². The summed E-state index contributed by atoms with van der Waals surface area (Å²) < 4.78 is 8.73. The number of carbonyl (C=O) groups excluding carboxylic acids is 1. The monoisotopic (exact) mass is 422 g/mol. The Morgan fingerprint density at radius 3 is 2.71 bits per heavy atom. The highest BCUT2D eigenvalue weighted by molar-refractivity contribution is 5.92. The van der Waals surface area contributed by atoms with Crippen molar-refractivity contribution in [3.05, 3.63) is 52.2 Å². The summed E-state index contributed by atoms with van der Waals surface area (Å²) in [4.78, 5) is 37.0. The van der Waals surface area contributed by atoms with Crippen molar-refractivity contribution in [1.82, 2.24) is 24.0 Å². The van der Waals surface area contributed by atoms with Crippen LogP contribution in [0.3, 0.4) is 0 Å². The molecule has 1 fully saturated rings. The van der Waals surface area contributed by atoms with Crippen molar-refractivity contribution in [2.24, 2.45) is 0 Å². The maximum Gasteiger partial charge on any atom is 0.331 e. The van der Waals surface area contributed by atoms with Gasteiger partial charge in [-0.15, -0.1) is 0 Å². The second kappa shape index (κ2) is 8.14. The SMILES string of the molecule is CCCn1c2nc(C(=O)N3CCOCC3)nc-2c2n(c1=O)C[C@@H](Cc1ccccc1)N2. The van der Waals surface area contributed by atoms with E-state index in [0.717, 1.165) is 12.8 Å². The molecule has 5 rings (SSSR count). The number of rotatable bonds is 5. The summed E-state index contributed by atoms with van der Waals surface area (Å²) in [5.41, 5.74) is 1.67. The Morgan fingerprint density at radius 1 is 1.19 bits per heavy atom. The quantitative estimate of drug-likeness (QED) is 0.669. The number of ether oxygens (including phenoxy) is 1. The topological polar surface area (TPSA) is 94.3 Å². The van der Waals surface area contributed by atoms with Gasteiger partial charge in [0, 0.05) is 32.2 Å². The molecule has 1 saturated heterocycles. The van der Waals surface area contributed by atoms with Crippen LogP contribution < -0.4 is 11.0 Å². The van der Waals surface area contributed by atoms with Gasteiger partial charge in [0.15, 0.2) is 5.82 Å². The number of fused-ring (bicyclic) bond motifs is 3. The van der Waals surface area contributed by atoms with Crippen LogP contribution >= 0.6 is 0 Å². The lowest BCUT2D eigenvalue weighted by atomic mass is 10.1. The van der Waals surface area contributed by atoms with E-state index in [4.69, 9.17) is 4.74 Å². The fraction of sp³-hybridized carbons (Fsp3) is 0.455.